The normalized spacial score (nSPS) is 18.6. The molecule has 0 aromatic heterocycles. The molecular weight excluding hydrogens is 292 g/mol. The van der Waals surface area contributed by atoms with E-state index < -0.39 is 0 Å². The van der Waals surface area contributed by atoms with Gasteiger partial charge in [0, 0.05) is 17.0 Å². The minimum absolute atomic E-state index is 0.237. The van der Waals surface area contributed by atoms with Crippen molar-refractivity contribution in [3.05, 3.63) is 28.7 Å². The Balaban J connectivity index is 1.84. The summed E-state index contributed by atoms with van der Waals surface area (Å²) >= 11 is 3.41. The first-order valence-corrected chi connectivity index (χ1v) is 7.58. The molecule has 100 valence electrons. The van der Waals surface area contributed by atoms with Crippen molar-refractivity contribution in [2.45, 2.75) is 32.1 Å². The van der Waals surface area contributed by atoms with Crippen molar-refractivity contribution in [2.24, 2.45) is 11.8 Å². The van der Waals surface area contributed by atoms with Crippen molar-refractivity contribution in [2.75, 3.05) is 13.2 Å². The van der Waals surface area contributed by atoms with Crippen LogP contribution in [-0.4, -0.2) is 18.3 Å². The molecule has 0 radical (unpaired) electrons. The van der Waals surface area contributed by atoms with Gasteiger partial charge in [-0.2, -0.15) is 0 Å². The van der Waals surface area contributed by atoms with Crippen molar-refractivity contribution in [3.63, 3.8) is 0 Å². The summed E-state index contributed by atoms with van der Waals surface area (Å²) in [6.45, 7) is 0.865. The monoisotopic (exact) mass is 312 g/mol. The van der Waals surface area contributed by atoms with Gasteiger partial charge >= 0.3 is 0 Å². The summed E-state index contributed by atoms with van der Waals surface area (Å²) in [6.07, 6.45) is 6.45. The van der Waals surface area contributed by atoms with E-state index in [-0.39, 0.29) is 12.5 Å². The van der Waals surface area contributed by atoms with Crippen molar-refractivity contribution >= 4 is 15.9 Å². The molecule has 1 saturated carbocycles. The lowest BCUT2D eigenvalue weighted by Crippen LogP contribution is -2.26. The predicted molar refractivity (Wildman–Crippen MR) is 76.8 cm³/mol. The third-order valence-electron chi connectivity index (χ3n) is 3.83. The predicted octanol–water partition coefficient (Wildman–Crippen LogP) is 4.02. The molecule has 0 heterocycles. The quantitative estimate of drug-likeness (QED) is 0.890. The summed E-state index contributed by atoms with van der Waals surface area (Å²) in [5, 5.41) is 9.51. The molecule has 0 aliphatic heterocycles. The Morgan fingerprint density at radius 3 is 2.44 bits per heavy atom. The number of rotatable bonds is 5. The van der Waals surface area contributed by atoms with Gasteiger partial charge in [0.05, 0.1) is 6.61 Å². The molecule has 1 aliphatic carbocycles. The summed E-state index contributed by atoms with van der Waals surface area (Å²) < 4.78 is 6.84. The molecule has 0 saturated heterocycles. The molecule has 3 heteroatoms. The Kier molecular flexibility index (Phi) is 5.51. The summed E-state index contributed by atoms with van der Waals surface area (Å²) in [5.41, 5.74) is 0. The SMILES string of the molecule is OCC(COc1ccc(Br)cc1)C1CCCCC1. The molecule has 1 aromatic rings. The van der Waals surface area contributed by atoms with Crippen molar-refractivity contribution < 1.29 is 9.84 Å². The fourth-order valence-electron chi connectivity index (χ4n) is 2.68. The molecule has 1 atom stereocenters. The van der Waals surface area contributed by atoms with E-state index in [2.05, 4.69) is 15.9 Å². The van der Waals surface area contributed by atoms with Crippen molar-refractivity contribution in [1.29, 1.82) is 0 Å². The first kappa shape index (κ1) is 13.9. The summed E-state index contributed by atoms with van der Waals surface area (Å²) in [5.74, 6) is 1.81. The minimum atomic E-state index is 0.237. The fraction of sp³-hybridized carbons (Fsp3) is 0.600. The van der Waals surface area contributed by atoms with Crippen molar-refractivity contribution in [3.8, 4) is 5.75 Å². The van der Waals surface area contributed by atoms with Crippen LogP contribution in [0, 0.1) is 11.8 Å². The van der Waals surface area contributed by atoms with Crippen LogP contribution in [0.1, 0.15) is 32.1 Å². The Bertz CT molecular complexity index is 344. The Morgan fingerprint density at radius 2 is 1.83 bits per heavy atom. The van der Waals surface area contributed by atoms with Gasteiger partial charge in [-0.3, -0.25) is 0 Å². The number of benzene rings is 1. The highest BCUT2D eigenvalue weighted by Crippen LogP contribution is 2.30. The fourth-order valence-corrected chi connectivity index (χ4v) is 2.94. The van der Waals surface area contributed by atoms with E-state index in [1.807, 2.05) is 24.3 Å². The van der Waals surface area contributed by atoms with E-state index in [4.69, 9.17) is 4.74 Å². The maximum absolute atomic E-state index is 9.51. The van der Waals surface area contributed by atoms with Crippen LogP contribution in [0.15, 0.2) is 28.7 Å². The summed E-state index contributed by atoms with van der Waals surface area (Å²) in [4.78, 5) is 0. The molecule has 1 unspecified atom stereocenters. The van der Waals surface area contributed by atoms with Crippen LogP contribution in [0.25, 0.3) is 0 Å². The highest BCUT2D eigenvalue weighted by molar-refractivity contribution is 9.10. The first-order chi connectivity index (χ1) is 8.79. The molecule has 2 rings (SSSR count). The number of aliphatic hydroxyl groups is 1. The van der Waals surface area contributed by atoms with Crippen LogP contribution >= 0.6 is 15.9 Å². The maximum atomic E-state index is 9.51. The summed E-state index contributed by atoms with van der Waals surface area (Å²) in [6, 6.07) is 7.87. The van der Waals surface area contributed by atoms with E-state index in [9.17, 15) is 5.11 Å². The molecule has 18 heavy (non-hydrogen) atoms. The number of hydrogen-bond acceptors (Lipinski definition) is 2. The second-order valence-electron chi connectivity index (χ2n) is 5.11. The van der Waals surface area contributed by atoms with Crippen molar-refractivity contribution in [1.82, 2.24) is 0 Å². The van der Waals surface area contributed by atoms with E-state index in [0.29, 0.717) is 12.5 Å². The topological polar surface area (TPSA) is 29.5 Å². The largest absolute Gasteiger partial charge is 0.493 e. The van der Waals surface area contributed by atoms with Gasteiger partial charge in [0.15, 0.2) is 0 Å². The standard InChI is InChI=1S/C15H21BrO2/c16-14-6-8-15(9-7-14)18-11-13(10-17)12-4-2-1-3-5-12/h6-9,12-13,17H,1-5,10-11H2. The highest BCUT2D eigenvalue weighted by Gasteiger charge is 2.23. The van der Waals surface area contributed by atoms with Gasteiger partial charge in [0.2, 0.25) is 0 Å². The van der Waals surface area contributed by atoms with Gasteiger partial charge in [-0.25, -0.2) is 0 Å². The van der Waals surface area contributed by atoms with Crippen LogP contribution in [0.2, 0.25) is 0 Å². The molecule has 2 nitrogen and oxygen atoms in total. The average Bonchev–Trinajstić information content (AvgIpc) is 2.43. The lowest BCUT2D eigenvalue weighted by molar-refractivity contribution is 0.0983. The smallest absolute Gasteiger partial charge is 0.119 e. The maximum Gasteiger partial charge on any atom is 0.119 e. The van der Waals surface area contributed by atoms with Crippen LogP contribution in [0.5, 0.6) is 5.75 Å². The molecule has 0 spiro atoms. The van der Waals surface area contributed by atoms with Crippen LogP contribution in [0.4, 0.5) is 0 Å². The van der Waals surface area contributed by atoms with Gasteiger partial charge < -0.3 is 9.84 Å². The minimum Gasteiger partial charge on any atom is -0.493 e. The lowest BCUT2D eigenvalue weighted by Gasteiger charge is -2.28. The number of aliphatic hydroxyl groups excluding tert-OH is 1. The Hall–Kier alpha value is -0.540. The second kappa shape index (κ2) is 7.15. The zero-order valence-corrected chi connectivity index (χ0v) is 12.2. The molecule has 1 aliphatic rings. The van der Waals surface area contributed by atoms with Gasteiger partial charge in [0.1, 0.15) is 5.75 Å². The Morgan fingerprint density at radius 1 is 1.17 bits per heavy atom. The lowest BCUT2D eigenvalue weighted by atomic mass is 9.81. The van der Waals surface area contributed by atoms with E-state index in [1.165, 1.54) is 32.1 Å². The van der Waals surface area contributed by atoms with Crippen LogP contribution in [0.3, 0.4) is 0 Å². The van der Waals surface area contributed by atoms with Gasteiger partial charge in [-0.05, 0) is 43.0 Å². The molecule has 1 aromatic carbocycles. The number of ether oxygens (including phenoxy) is 1. The first-order valence-electron chi connectivity index (χ1n) is 6.79. The third kappa shape index (κ3) is 3.99. The van der Waals surface area contributed by atoms with E-state index in [0.717, 1.165) is 10.2 Å². The average molecular weight is 313 g/mol. The van der Waals surface area contributed by atoms with Gasteiger partial charge in [-0.15, -0.1) is 0 Å². The molecular formula is C15H21BrO2. The molecule has 1 fully saturated rings. The molecule has 0 amide bonds. The Labute approximate surface area is 117 Å². The molecule has 0 bridgehead atoms. The molecule has 1 N–H and O–H groups in total. The number of halogens is 1. The zero-order chi connectivity index (χ0) is 12.8. The second-order valence-corrected chi connectivity index (χ2v) is 6.02. The third-order valence-corrected chi connectivity index (χ3v) is 4.36. The van der Waals surface area contributed by atoms with Gasteiger partial charge in [0.25, 0.3) is 0 Å². The van der Waals surface area contributed by atoms with E-state index >= 15 is 0 Å². The zero-order valence-electron chi connectivity index (χ0n) is 10.6. The summed E-state index contributed by atoms with van der Waals surface area (Å²) in [7, 11) is 0. The van der Waals surface area contributed by atoms with Crippen LogP contribution < -0.4 is 4.74 Å². The number of hydrogen-bond donors (Lipinski definition) is 1. The van der Waals surface area contributed by atoms with E-state index in [1.54, 1.807) is 0 Å². The van der Waals surface area contributed by atoms with Crippen LogP contribution in [-0.2, 0) is 0 Å². The van der Waals surface area contributed by atoms with Gasteiger partial charge in [-0.1, -0.05) is 35.2 Å². The highest BCUT2D eigenvalue weighted by atomic mass is 79.9.